The Morgan fingerprint density at radius 1 is 1.19 bits per heavy atom. The van der Waals surface area contributed by atoms with E-state index in [0.29, 0.717) is 17.9 Å². The molecule has 0 aliphatic heterocycles. The molecule has 4 nitrogen and oxygen atoms in total. The summed E-state index contributed by atoms with van der Waals surface area (Å²) < 4.78 is 1.01. The van der Waals surface area contributed by atoms with Crippen LogP contribution in [0.1, 0.15) is 46.9 Å². The maximum Gasteiger partial charge on any atom is 0.339 e. The first kappa shape index (κ1) is 18.4. The van der Waals surface area contributed by atoms with Crippen molar-refractivity contribution in [2.45, 2.75) is 33.2 Å². The molecule has 0 saturated carbocycles. The van der Waals surface area contributed by atoms with E-state index in [9.17, 15) is 9.90 Å². The van der Waals surface area contributed by atoms with Crippen molar-refractivity contribution in [2.24, 2.45) is 0 Å². The fraction of sp³-hybridized carbons (Fsp3) is 0.238. The van der Waals surface area contributed by atoms with Crippen molar-refractivity contribution in [3.63, 3.8) is 0 Å². The minimum Gasteiger partial charge on any atom is -0.478 e. The number of carboxylic acid groups (broad SMARTS) is 1. The van der Waals surface area contributed by atoms with Crippen LogP contribution in [0.2, 0.25) is 0 Å². The lowest BCUT2D eigenvalue weighted by molar-refractivity contribution is 0.0697. The molecule has 3 aromatic rings. The third-order valence-electron chi connectivity index (χ3n) is 4.44. The molecule has 2 aromatic carbocycles. The summed E-state index contributed by atoms with van der Waals surface area (Å²) in [4.78, 5) is 16.5. The number of rotatable bonds is 5. The minimum atomic E-state index is -0.964. The Kier molecular flexibility index (Phi) is 5.28. The first-order valence-corrected chi connectivity index (χ1v) is 9.32. The lowest BCUT2D eigenvalue weighted by Crippen LogP contribution is -2.11. The summed E-state index contributed by atoms with van der Waals surface area (Å²) in [5.74, 6) is -0.702. The Balaban J connectivity index is 2.17. The number of aryl methyl sites for hydroxylation is 1. The maximum atomic E-state index is 11.9. The van der Waals surface area contributed by atoms with E-state index in [0.717, 1.165) is 26.5 Å². The highest BCUT2D eigenvalue weighted by Gasteiger charge is 2.21. The van der Waals surface area contributed by atoms with Crippen molar-refractivity contribution >= 4 is 38.5 Å². The standard InChI is InChI=1S/C21H21BrN2O2/c1-12(2)16-5-4-6-17-19(16)20(18(21(25)26)13(3)24-17)23-11-14-7-9-15(22)10-8-14/h4-10,12H,11H2,1-3H3,(H,23,24)(H,25,26). The van der Waals surface area contributed by atoms with Crippen LogP contribution < -0.4 is 5.32 Å². The number of benzene rings is 2. The van der Waals surface area contributed by atoms with Crippen LogP contribution in [-0.4, -0.2) is 16.1 Å². The van der Waals surface area contributed by atoms with Crippen LogP contribution in [0.5, 0.6) is 0 Å². The molecule has 5 heteroatoms. The fourth-order valence-electron chi connectivity index (χ4n) is 3.18. The summed E-state index contributed by atoms with van der Waals surface area (Å²) in [5, 5.41) is 14.0. The van der Waals surface area contributed by atoms with Gasteiger partial charge in [-0.1, -0.05) is 54.0 Å². The molecule has 0 amide bonds. The van der Waals surface area contributed by atoms with Crippen molar-refractivity contribution in [2.75, 3.05) is 5.32 Å². The molecule has 0 aliphatic rings. The lowest BCUT2D eigenvalue weighted by atomic mass is 9.94. The van der Waals surface area contributed by atoms with Gasteiger partial charge in [-0.05, 0) is 42.2 Å². The first-order chi connectivity index (χ1) is 12.4. The SMILES string of the molecule is Cc1nc2cccc(C(C)C)c2c(NCc2ccc(Br)cc2)c1C(=O)O. The van der Waals surface area contributed by atoms with Gasteiger partial charge in [0, 0.05) is 16.4 Å². The predicted octanol–water partition coefficient (Wildman–Crippen LogP) is 5.74. The molecule has 0 unspecified atom stereocenters. The number of carbonyl (C=O) groups is 1. The van der Waals surface area contributed by atoms with Gasteiger partial charge in [-0.2, -0.15) is 0 Å². The molecule has 0 fully saturated rings. The average molecular weight is 413 g/mol. The molecule has 0 saturated heterocycles. The maximum absolute atomic E-state index is 11.9. The molecule has 3 rings (SSSR count). The molecule has 1 aromatic heterocycles. The van der Waals surface area contributed by atoms with Gasteiger partial charge in [-0.25, -0.2) is 4.79 Å². The van der Waals surface area contributed by atoms with Crippen LogP contribution in [0, 0.1) is 6.92 Å². The summed E-state index contributed by atoms with van der Waals surface area (Å²) in [7, 11) is 0. The lowest BCUT2D eigenvalue weighted by Gasteiger charge is -2.19. The van der Waals surface area contributed by atoms with E-state index in [1.807, 2.05) is 42.5 Å². The number of halogens is 1. The summed E-state index contributed by atoms with van der Waals surface area (Å²) >= 11 is 3.43. The molecular weight excluding hydrogens is 392 g/mol. The van der Waals surface area contributed by atoms with E-state index >= 15 is 0 Å². The van der Waals surface area contributed by atoms with Crippen molar-refractivity contribution in [1.82, 2.24) is 4.98 Å². The van der Waals surface area contributed by atoms with E-state index in [4.69, 9.17) is 0 Å². The van der Waals surface area contributed by atoms with Gasteiger partial charge in [0.15, 0.2) is 0 Å². The van der Waals surface area contributed by atoms with Crippen molar-refractivity contribution in [3.8, 4) is 0 Å². The minimum absolute atomic E-state index is 0.239. The first-order valence-electron chi connectivity index (χ1n) is 8.53. The van der Waals surface area contributed by atoms with Crippen molar-refractivity contribution in [1.29, 1.82) is 0 Å². The number of hydrogen-bond acceptors (Lipinski definition) is 3. The monoisotopic (exact) mass is 412 g/mol. The van der Waals surface area contributed by atoms with E-state index in [1.165, 1.54) is 0 Å². The number of fused-ring (bicyclic) bond motifs is 1. The van der Waals surface area contributed by atoms with E-state index in [2.05, 4.69) is 40.1 Å². The Morgan fingerprint density at radius 2 is 1.88 bits per heavy atom. The second kappa shape index (κ2) is 7.46. The third-order valence-corrected chi connectivity index (χ3v) is 4.97. The highest BCUT2D eigenvalue weighted by atomic mass is 79.9. The molecule has 0 spiro atoms. The van der Waals surface area contributed by atoms with E-state index < -0.39 is 5.97 Å². The number of carboxylic acids is 1. The van der Waals surface area contributed by atoms with Crippen LogP contribution in [-0.2, 0) is 6.54 Å². The Morgan fingerprint density at radius 3 is 2.50 bits per heavy atom. The van der Waals surface area contributed by atoms with Crippen molar-refractivity contribution < 1.29 is 9.90 Å². The van der Waals surface area contributed by atoms with Crippen LogP contribution in [0.3, 0.4) is 0 Å². The quantitative estimate of drug-likeness (QED) is 0.560. The Bertz CT molecular complexity index is 966. The zero-order valence-electron chi connectivity index (χ0n) is 15.0. The molecule has 2 N–H and O–H groups in total. The number of nitrogens with one attached hydrogen (secondary N) is 1. The molecule has 0 radical (unpaired) electrons. The average Bonchev–Trinajstić information content (AvgIpc) is 2.59. The van der Waals surface area contributed by atoms with Gasteiger partial charge in [0.05, 0.1) is 16.9 Å². The Hall–Kier alpha value is -2.40. The topological polar surface area (TPSA) is 62.2 Å². The second-order valence-corrected chi connectivity index (χ2v) is 7.54. The predicted molar refractivity (Wildman–Crippen MR) is 109 cm³/mol. The van der Waals surface area contributed by atoms with E-state index in [-0.39, 0.29) is 11.5 Å². The van der Waals surface area contributed by atoms with Crippen LogP contribution in [0.15, 0.2) is 46.9 Å². The van der Waals surface area contributed by atoms with Crippen LogP contribution in [0.4, 0.5) is 5.69 Å². The molecule has 134 valence electrons. The van der Waals surface area contributed by atoms with Crippen LogP contribution >= 0.6 is 15.9 Å². The zero-order chi connectivity index (χ0) is 18.8. The highest BCUT2D eigenvalue weighted by molar-refractivity contribution is 9.10. The molecular formula is C21H21BrN2O2. The van der Waals surface area contributed by atoms with Gasteiger partial charge in [0.1, 0.15) is 5.56 Å². The number of aromatic carboxylic acids is 1. The zero-order valence-corrected chi connectivity index (χ0v) is 16.6. The molecule has 26 heavy (non-hydrogen) atoms. The van der Waals surface area contributed by atoms with Gasteiger partial charge in [0.25, 0.3) is 0 Å². The summed E-state index contributed by atoms with van der Waals surface area (Å²) in [6.07, 6.45) is 0. The number of pyridine rings is 1. The molecule has 0 bridgehead atoms. The number of aromatic nitrogens is 1. The molecule has 0 atom stereocenters. The van der Waals surface area contributed by atoms with Gasteiger partial charge in [0.2, 0.25) is 0 Å². The van der Waals surface area contributed by atoms with Gasteiger partial charge < -0.3 is 10.4 Å². The largest absolute Gasteiger partial charge is 0.478 e. The van der Waals surface area contributed by atoms with Crippen molar-refractivity contribution in [3.05, 3.63) is 69.3 Å². The summed E-state index contributed by atoms with van der Waals surface area (Å²) in [6, 6.07) is 13.9. The number of nitrogens with zero attached hydrogens (tertiary/aromatic N) is 1. The van der Waals surface area contributed by atoms with E-state index in [1.54, 1.807) is 6.92 Å². The molecule has 0 aliphatic carbocycles. The number of anilines is 1. The highest BCUT2D eigenvalue weighted by Crippen LogP contribution is 2.35. The van der Waals surface area contributed by atoms with Gasteiger partial charge >= 0.3 is 5.97 Å². The third kappa shape index (κ3) is 3.58. The smallest absolute Gasteiger partial charge is 0.339 e. The van der Waals surface area contributed by atoms with Gasteiger partial charge in [-0.3, -0.25) is 4.98 Å². The van der Waals surface area contributed by atoms with Crippen LogP contribution in [0.25, 0.3) is 10.9 Å². The number of hydrogen-bond donors (Lipinski definition) is 2. The normalized spacial score (nSPS) is 11.1. The fourth-order valence-corrected chi connectivity index (χ4v) is 3.44. The summed E-state index contributed by atoms with van der Waals surface area (Å²) in [5.41, 5.74) is 4.39. The second-order valence-electron chi connectivity index (χ2n) is 6.63. The van der Waals surface area contributed by atoms with Gasteiger partial charge in [-0.15, -0.1) is 0 Å². The summed E-state index contributed by atoms with van der Waals surface area (Å²) in [6.45, 7) is 6.50. The Labute approximate surface area is 161 Å². The molecule has 1 heterocycles.